The summed E-state index contributed by atoms with van der Waals surface area (Å²) in [6, 6.07) is 8.54. The van der Waals surface area contributed by atoms with Gasteiger partial charge in [0, 0.05) is 30.1 Å². The summed E-state index contributed by atoms with van der Waals surface area (Å²) in [4.78, 5) is 26.3. The van der Waals surface area contributed by atoms with Crippen LogP contribution in [0.3, 0.4) is 0 Å². The molecule has 0 amide bonds. The van der Waals surface area contributed by atoms with E-state index < -0.39 is 70.2 Å². The lowest BCUT2D eigenvalue weighted by atomic mass is 9.42. The van der Waals surface area contributed by atoms with Crippen molar-refractivity contribution in [3.05, 3.63) is 47.0 Å². The van der Waals surface area contributed by atoms with Crippen LogP contribution in [0, 0.1) is 28.6 Å². The lowest BCUT2D eigenvalue weighted by Crippen LogP contribution is -2.80. The van der Waals surface area contributed by atoms with Gasteiger partial charge in [0.1, 0.15) is 17.8 Å². The summed E-state index contributed by atoms with van der Waals surface area (Å²) >= 11 is 0. The molecule has 3 aliphatic carbocycles. The second-order valence-electron chi connectivity index (χ2n) is 13.1. The first-order chi connectivity index (χ1) is 18.1. The molecule has 0 spiro atoms. The first-order valence-electron chi connectivity index (χ1n) is 14.0. The van der Waals surface area contributed by atoms with Crippen molar-refractivity contribution in [1.82, 2.24) is 0 Å². The van der Waals surface area contributed by atoms with Gasteiger partial charge in [-0.05, 0) is 37.0 Å². The molecular formula is C31H42O8. The fraction of sp³-hybridized carbons (Fsp3) is 0.677. The molecule has 0 radical (unpaired) electrons. The summed E-state index contributed by atoms with van der Waals surface area (Å²) < 4.78 is 18.4. The highest BCUT2D eigenvalue weighted by molar-refractivity contribution is 5.89. The number of hydrogen-bond acceptors (Lipinski definition) is 8. The molecule has 214 valence electrons. The molecule has 1 heterocycles. The third-order valence-electron chi connectivity index (χ3n) is 11.0. The number of benzene rings is 1. The smallest absolute Gasteiger partial charge is 0.338 e. The first-order valence-corrected chi connectivity index (χ1v) is 14.0. The zero-order valence-electron chi connectivity index (χ0n) is 23.9. The van der Waals surface area contributed by atoms with Gasteiger partial charge in [-0.1, -0.05) is 58.4 Å². The lowest BCUT2D eigenvalue weighted by molar-refractivity contribution is -0.356. The topological polar surface area (TPSA) is 123 Å². The minimum Gasteiger partial charge on any atom is -0.455 e. The maximum absolute atomic E-state index is 13.7. The third kappa shape index (κ3) is 3.71. The number of aliphatic hydroxyl groups is 3. The molecule has 4 aliphatic rings. The fourth-order valence-electron chi connectivity index (χ4n) is 8.72. The van der Waals surface area contributed by atoms with Crippen molar-refractivity contribution in [1.29, 1.82) is 0 Å². The lowest BCUT2D eigenvalue weighted by Gasteiger charge is -2.69. The zero-order chi connectivity index (χ0) is 28.7. The number of aliphatic hydroxyl groups excluding tert-OH is 2. The van der Waals surface area contributed by atoms with E-state index in [9.17, 15) is 24.9 Å². The highest BCUT2D eigenvalue weighted by Crippen LogP contribution is 2.67. The van der Waals surface area contributed by atoms with Crippen LogP contribution < -0.4 is 0 Å². The minimum atomic E-state index is -1.75. The van der Waals surface area contributed by atoms with Gasteiger partial charge < -0.3 is 29.5 Å². The molecule has 1 aromatic rings. The summed E-state index contributed by atoms with van der Waals surface area (Å²) in [7, 11) is 0. The van der Waals surface area contributed by atoms with Gasteiger partial charge in [-0.3, -0.25) is 4.79 Å². The molecule has 2 saturated carbocycles. The molecular weight excluding hydrogens is 500 g/mol. The normalized spacial score (nSPS) is 44.6. The molecule has 39 heavy (non-hydrogen) atoms. The van der Waals surface area contributed by atoms with Gasteiger partial charge in [0.2, 0.25) is 0 Å². The Kier molecular flexibility index (Phi) is 6.62. The number of ether oxygens (including phenoxy) is 3. The van der Waals surface area contributed by atoms with Crippen molar-refractivity contribution < 1.29 is 39.1 Å². The second-order valence-corrected chi connectivity index (χ2v) is 13.1. The summed E-state index contributed by atoms with van der Waals surface area (Å²) in [6.45, 7) is 12.9. The molecule has 0 aromatic heterocycles. The first kappa shape index (κ1) is 28.3. The molecule has 1 aromatic carbocycles. The van der Waals surface area contributed by atoms with Crippen LogP contribution in [0.5, 0.6) is 0 Å². The van der Waals surface area contributed by atoms with Crippen LogP contribution in [0.15, 0.2) is 41.5 Å². The summed E-state index contributed by atoms with van der Waals surface area (Å²) in [5.41, 5.74) is -3.14. The number of fused-ring (bicyclic) bond motifs is 5. The van der Waals surface area contributed by atoms with Crippen molar-refractivity contribution in [2.24, 2.45) is 28.6 Å². The third-order valence-corrected chi connectivity index (χ3v) is 11.0. The molecule has 1 aliphatic heterocycles. The Balaban J connectivity index is 1.80. The fourth-order valence-corrected chi connectivity index (χ4v) is 8.72. The van der Waals surface area contributed by atoms with Gasteiger partial charge in [-0.25, -0.2) is 4.79 Å². The van der Waals surface area contributed by atoms with E-state index >= 15 is 0 Å². The van der Waals surface area contributed by atoms with Crippen LogP contribution in [0.4, 0.5) is 0 Å². The van der Waals surface area contributed by atoms with Crippen molar-refractivity contribution in [2.75, 3.05) is 6.61 Å². The molecule has 3 fully saturated rings. The van der Waals surface area contributed by atoms with Gasteiger partial charge in [0.25, 0.3) is 0 Å². The summed E-state index contributed by atoms with van der Waals surface area (Å²) in [5.74, 6) is -2.54. The van der Waals surface area contributed by atoms with Gasteiger partial charge in [-0.2, -0.15) is 0 Å². The highest BCUT2D eigenvalue weighted by atomic mass is 16.6. The van der Waals surface area contributed by atoms with Crippen molar-refractivity contribution in [2.45, 2.75) is 96.9 Å². The zero-order valence-corrected chi connectivity index (χ0v) is 23.9. The standard InChI is InChI=1S/C31H42O8/c1-16-13-22-30(15-37-22,39-19(4)32)24-26(38-27(35)20-11-9-8-10-12-20)31(36)14-21(33)17(2)23(28(31,5)6)18(3)25(34)29(16,24)7/h8-12,16,18,21-22,24-26,33-34,36H,13-15H2,1-7H3/t16-,18+,21?,22+,24?,25+,26-,29+,30-,31+/m0/s1. The van der Waals surface area contributed by atoms with E-state index in [1.807, 2.05) is 41.5 Å². The average Bonchev–Trinajstić information content (AvgIpc) is 2.87. The van der Waals surface area contributed by atoms with Gasteiger partial charge in [0.15, 0.2) is 5.60 Å². The van der Waals surface area contributed by atoms with Crippen LogP contribution in [0.1, 0.15) is 71.7 Å². The maximum Gasteiger partial charge on any atom is 0.338 e. The maximum atomic E-state index is 13.7. The number of esters is 2. The van der Waals surface area contributed by atoms with E-state index in [1.165, 1.54) is 6.92 Å². The molecule has 2 unspecified atom stereocenters. The Morgan fingerprint density at radius 2 is 1.72 bits per heavy atom. The predicted octanol–water partition coefficient (Wildman–Crippen LogP) is 3.42. The van der Waals surface area contributed by atoms with E-state index in [4.69, 9.17) is 14.2 Å². The molecule has 8 nitrogen and oxygen atoms in total. The molecule has 1 saturated heterocycles. The van der Waals surface area contributed by atoms with Gasteiger partial charge in [-0.15, -0.1) is 0 Å². The summed E-state index contributed by atoms with van der Waals surface area (Å²) in [6.07, 6.45) is -3.22. The van der Waals surface area contributed by atoms with Crippen LogP contribution in [0.2, 0.25) is 0 Å². The van der Waals surface area contributed by atoms with Crippen LogP contribution in [-0.4, -0.2) is 69.5 Å². The number of hydrogen-bond donors (Lipinski definition) is 3. The Labute approximate surface area is 230 Å². The Morgan fingerprint density at radius 1 is 1.08 bits per heavy atom. The van der Waals surface area contributed by atoms with E-state index in [-0.39, 0.29) is 18.9 Å². The second kappa shape index (κ2) is 9.13. The van der Waals surface area contributed by atoms with Gasteiger partial charge >= 0.3 is 11.9 Å². The Bertz CT molecular complexity index is 1190. The molecule has 2 bridgehead atoms. The Hall–Kier alpha value is -2.26. The van der Waals surface area contributed by atoms with Crippen LogP contribution >= 0.6 is 0 Å². The summed E-state index contributed by atoms with van der Waals surface area (Å²) in [5, 5.41) is 36.4. The highest BCUT2D eigenvalue weighted by Gasteiger charge is 2.76. The quantitative estimate of drug-likeness (QED) is 0.392. The van der Waals surface area contributed by atoms with Gasteiger partial charge in [0.05, 0.1) is 30.3 Å². The van der Waals surface area contributed by atoms with Crippen molar-refractivity contribution >= 4 is 11.9 Å². The average molecular weight is 543 g/mol. The number of carbonyl (C=O) groups is 2. The van der Waals surface area contributed by atoms with E-state index in [0.29, 0.717) is 12.0 Å². The van der Waals surface area contributed by atoms with Crippen LogP contribution in [0.25, 0.3) is 0 Å². The van der Waals surface area contributed by atoms with Crippen LogP contribution in [-0.2, 0) is 19.0 Å². The van der Waals surface area contributed by atoms with E-state index in [0.717, 1.165) is 11.1 Å². The predicted molar refractivity (Wildman–Crippen MR) is 142 cm³/mol. The molecule has 10 atom stereocenters. The largest absolute Gasteiger partial charge is 0.455 e. The Morgan fingerprint density at radius 3 is 2.28 bits per heavy atom. The van der Waals surface area contributed by atoms with Crippen molar-refractivity contribution in [3.63, 3.8) is 0 Å². The van der Waals surface area contributed by atoms with E-state index in [2.05, 4.69) is 0 Å². The van der Waals surface area contributed by atoms with Crippen molar-refractivity contribution in [3.8, 4) is 0 Å². The molecule has 5 rings (SSSR count). The number of carbonyl (C=O) groups excluding carboxylic acids is 2. The number of rotatable bonds is 3. The molecule has 3 N–H and O–H groups in total. The minimum absolute atomic E-state index is 0.0610. The monoisotopic (exact) mass is 542 g/mol. The molecule has 8 heteroatoms. The van der Waals surface area contributed by atoms with E-state index in [1.54, 1.807) is 30.3 Å². The SMILES string of the molecule is CC(=O)O[C@@]12CO[C@@H]1C[C@H](C)[C@]1(C)C2[C@H](OC(=O)c2ccccc2)[C@]2(O)CC(O)C(C)=C([C@@H](C)[C@H]1O)C2(C)C.